The molecular weight excluding hydrogens is 230 g/mol. The van der Waals surface area contributed by atoms with E-state index in [2.05, 4.69) is 10.1 Å². The Morgan fingerprint density at radius 2 is 2.39 bits per heavy atom. The van der Waals surface area contributed by atoms with E-state index in [1.807, 2.05) is 30.3 Å². The highest BCUT2D eigenvalue weighted by molar-refractivity contribution is 5.31. The van der Waals surface area contributed by atoms with E-state index >= 15 is 0 Å². The molecule has 1 heterocycles. The Balaban J connectivity index is 2.35. The van der Waals surface area contributed by atoms with Crippen LogP contribution < -0.4 is 10.5 Å². The summed E-state index contributed by atoms with van der Waals surface area (Å²) in [5.74, 6) is 0.892. The molecule has 1 aromatic carbocycles. The summed E-state index contributed by atoms with van der Waals surface area (Å²) in [5, 5.41) is 12.8. The molecule has 18 heavy (non-hydrogen) atoms. The largest absolute Gasteiger partial charge is 0.497 e. The molecule has 0 radical (unpaired) electrons. The van der Waals surface area contributed by atoms with E-state index in [1.165, 1.54) is 6.33 Å². The molecule has 1 unspecified atom stereocenters. The van der Waals surface area contributed by atoms with Crippen molar-refractivity contribution in [2.24, 2.45) is 5.73 Å². The number of aromatic nitrogens is 3. The summed E-state index contributed by atoms with van der Waals surface area (Å²) in [4.78, 5) is 3.88. The van der Waals surface area contributed by atoms with Crippen molar-refractivity contribution in [1.29, 1.82) is 5.26 Å². The highest BCUT2D eigenvalue weighted by Gasteiger charge is 2.14. The maximum Gasteiger partial charge on any atom is 0.252 e. The predicted octanol–water partition coefficient (Wildman–Crippen LogP) is 0.706. The Bertz CT molecular complexity index is 572. The quantitative estimate of drug-likeness (QED) is 0.854. The van der Waals surface area contributed by atoms with Gasteiger partial charge in [0.25, 0.3) is 5.82 Å². The summed E-state index contributed by atoms with van der Waals surface area (Å²) in [6.07, 6.45) is 1.51. The summed E-state index contributed by atoms with van der Waals surface area (Å²) in [6.45, 7) is 0.362. The third kappa shape index (κ3) is 2.31. The molecule has 1 aromatic heterocycles. The molecule has 0 amide bonds. The van der Waals surface area contributed by atoms with Crippen molar-refractivity contribution in [3.63, 3.8) is 0 Å². The van der Waals surface area contributed by atoms with E-state index in [4.69, 9.17) is 15.7 Å². The van der Waals surface area contributed by atoms with Crippen LogP contribution in [0.5, 0.6) is 5.75 Å². The average molecular weight is 243 g/mol. The van der Waals surface area contributed by atoms with Crippen LogP contribution in [0.3, 0.4) is 0 Å². The summed E-state index contributed by atoms with van der Waals surface area (Å²) in [5.41, 5.74) is 6.73. The molecule has 2 rings (SSSR count). The third-order valence-corrected chi connectivity index (χ3v) is 2.63. The van der Waals surface area contributed by atoms with Gasteiger partial charge in [-0.3, -0.25) is 0 Å². The Kier molecular flexibility index (Phi) is 3.55. The smallest absolute Gasteiger partial charge is 0.252 e. The van der Waals surface area contributed by atoms with Gasteiger partial charge in [0.2, 0.25) is 0 Å². The van der Waals surface area contributed by atoms with Gasteiger partial charge in [0.05, 0.1) is 13.2 Å². The Hall–Kier alpha value is -2.39. The van der Waals surface area contributed by atoms with Gasteiger partial charge in [0.15, 0.2) is 0 Å². The van der Waals surface area contributed by atoms with Crippen LogP contribution in [0, 0.1) is 11.3 Å². The fourth-order valence-corrected chi connectivity index (χ4v) is 1.72. The molecule has 0 fully saturated rings. The van der Waals surface area contributed by atoms with Crippen LogP contribution in [0.2, 0.25) is 0 Å². The van der Waals surface area contributed by atoms with Crippen molar-refractivity contribution in [2.45, 2.75) is 6.04 Å². The molecule has 0 aliphatic heterocycles. The lowest BCUT2D eigenvalue weighted by Crippen LogP contribution is -2.21. The number of ether oxygens (including phenoxy) is 1. The number of nitrogens with zero attached hydrogens (tertiary/aromatic N) is 4. The van der Waals surface area contributed by atoms with Crippen LogP contribution in [0.1, 0.15) is 17.4 Å². The lowest BCUT2D eigenvalue weighted by atomic mass is 10.1. The summed E-state index contributed by atoms with van der Waals surface area (Å²) >= 11 is 0. The van der Waals surface area contributed by atoms with Gasteiger partial charge in [-0.2, -0.15) is 5.26 Å². The average Bonchev–Trinajstić information content (AvgIpc) is 2.88. The first kappa shape index (κ1) is 12.1. The first-order chi connectivity index (χ1) is 8.78. The number of benzene rings is 1. The van der Waals surface area contributed by atoms with E-state index in [-0.39, 0.29) is 11.9 Å². The lowest BCUT2D eigenvalue weighted by Gasteiger charge is -2.15. The molecule has 2 N–H and O–H groups in total. The van der Waals surface area contributed by atoms with Crippen molar-refractivity contribution in [3.8, 4) is 11.8 Å². The Morgan fingerprint density at radius 3 is 3.00 bits per heavy atom. The predicted molar refractivity (Wildman–Crippen MR) is 64.9 cm³/mol. The van der Waals surface area contributed by atoms with E-state index in [9.17, 15) is 0 Å². The number of nitriles is 1. The highest BCUT2D eigenvalue weighted by Crippen LogP contribution is 2.21. The fraction of sp³-hybridized carbons (Fsp3) is 0.250. The van der Waals surface area contributed by atoms with Crippen LogP contribution in [-0.2, 0) is 0 Å². The Labute approximate surface area is 105 Å². The Morgan fingerprint density at radius 1 is 1.56 bits per heavy atom. The lowest BCUT2D eigenvalue weighted by molar-refractivity contribution is 0.412. The standard InChI is InChI=1S/C12H13N5O/c1-18-10-4-2-3-9(5-10)11(6-13)17-8-15-12(7-14)16-17/h2-5,8,11H,6,13H2,1H3. The normalized spacial score (nSPS) is 11.8. The maximum absolute atomic E-state index is 8.72. The molecule has 0 spiro atoms. The van der Waals surface area contributed by atoms with E-state index in [0.717, 1.165) is 11.3 Å². The molecule has 0 aliphatic carbocycles. The molecular formula is C12H13N5O. The monoisotopic (exact) mass is 243 g/mol. The van der Waals surface area contributed by atoms with Gasteiger partial charge >= 0.3 is 0 Å². The van der Waals surface area contributed by atoms with Crippen molar-refractivity contribution in [2.75, 3.05) is 13.7 Å². The summed E-state index contributed by atoms with van der Waals surface area (Å²) < 4.78 is 6.76. The molecule has 6 nitrogen and oxygen atoms in total. The number of rotatable bonds is 4. The summed E-state index contributed by atoms with van der Waals surface area (Å²) in [7, 11) is 1.61. The van der Waals surface area contributed by atoms with Gasteiger partial charge in [-0.05, 0) is 17.7 Å². The number of nitrogens with two attached hydrogens (primary N) is 1. The second-order valence-electron chi connectivity index (χ2n) is 3.69. The van der Waals surface area contributed by atoms with E-state index < -0.39 is 0 Å². The van der Waals surface area contributed by atoms with Gasteiger partial charge in [0.1, 0.15) is 18.1 Å². The van der Waals surface area contributed by atoms with Crippen molar-refractivity contribution >= 4 is 0 Å². The minimum Gasteiger partial charge on any atom is -0.497 e. The molecule has 0 bridgehead atoms. The molecule has 6 heteroatoms. The molecule has 2 aromatic rings. The van der Waals surface area contributed by atoms with Gasteiger partial charge in [-0.15, -0.1) is 5.10 Å². The second-order valence-corrected chi connectivity index (χ2v) is 3.69. The summed E-state index contributed by atoms with van der Waals surface area (Å²) in [6, 6.07) is 9.31. The number of methoxy groups -OCH3 is 1. The zero-order chi connectivity index (χ0) is 13.0. The van der Waals surface area contributed by atoms with Crippen molar-refractivity contribution in [3.05, 3.63) is 42.0 Å². The van der Waals surface area contributed by atoms with Crippen LogP contribution in [0.25, 0.3) is 0 Å². The van der Waals surface area contributed by atoms with Crippen LogP contribution in [0.4, 0.5) is 0 Å². The van der Waals surface area contributed by atoms with Crippen molar-refractivity contribution < 1.29 is 4.74 Å². The second kappa shape index (κ2) is 5.29. The SMILES string of the molecule is COc1cccc(C(CN)n2cnc(C#N)n2)c1. The van der Waals surface area contributed by atoms with Gasteiger partial charge in [0, 0.05) is 6.54 Å². The first-order valence-electron chi connectivity index (χ1n) is 5.43. The topological polar surface area (TPSA) is 89.8 Å². The highest BCUT2D eigenvalue weighted by atomic mass is 16.5. The van der Waals surface area contributed by atoms with Crippen LogP contribution >= 0.6 is 0 Å². The first-order valence-corrected chi connectivity index (χ1v) is 5.43. The van der Waals surface area contributed by atoms with Gasteiger partial charge in [-0.25, -0.2) is 9.67 Å². The van der Waals surface area contributed by atoms with E-state index in [0.29, 0.717) is 6.54 Å². The zero-order valence-electron chi connectivity index (χ0n) is 9.95. The number of hydrogen-bond donors (Lipinski definition) is 1. The van der Waals surface area contributed by atoms with Gasteiger partial charge in [-0.1, -0.05) is 12.1 Å². The van der Waals surface area contributed by atoms with Gasteiger partial charge < -0.3 is 10.5 Å². The van der Waals surface area contributed by atoms with Crippen molar-refractivity contribution in [1.82, 2.24) is 14.8 Å². The fourth-order valence-electron chi connectivity index (χ4n) is 1.72. The minimum atomic E-state index is -0.158. The molecule has 0 aliphatic rings. The third-order valence-electron chi connectivity index (χ3n) is 2.63. The zero-order valence-corrected chi connectivity index (χ0v) is 9.95. The number of hydrogen-bond acceptors (Lipinski definition) is 5. The molecule has 0 saturated heterocycles. The minimum absolute atomic E-state index is 0.136. The molecule has 92 valence electrons. The molecule has 1 atom stereocenters. The molecule has 0 saturated carbocycles. The maximum atomic E-state index is 8.72. The van der Waals surface area contributed by atoms with Crippen LogP contribution in [-0.4, -0.2) is 28.4 Å². The van der Waals surface area contributed by atoms with E-state index in [1.54, 1.807) is 11.8 Å². The van der Waals surface area contributed by atoms with Crippen LogP contribution in [0.15, 0.2) is 30.6 Å².